The molecule has 0 bridgehead atoms. The van der Waals surface area contributed by atoms with Gasteiger partial charge in [-0.3, -0.25) is 4.79 Å². The van der Waals surface area contributed by atoms with E-state index in [-0.39, 0.29) is 11.9 Å². The number of methoxy groups -OCH3 is 1. The number of benzene rings is 2. The van der Waals surface area contributed by atoms with E-state index in [2.05, 4.69) is 43.8 Å². The van der Waals surface area contributed by atoms with Crippen LogP contribution in [0.2, 0.25) is 0 Å². The quantitative estimate of drug-likeness (QED) is 0.270. The van der Waals surface area contributed by atoms with Crippen molar-refractivity contribution < 1.29 is 14.3 Å². The Morgan fingerprint density at radius 1 is 1.24 bits per heavy atom. The summed E-state index contributed by atoms with van der Waals surface area (Å²) in [5.74, 6) is 0.476. The van der Waals surface area contributed by atoms with Crippen molar-refractivity contribution in [2.75, 3.05) is 63.5 Å². The fourth-order valence-corrected chi connectivity index (χ4v) is 5.09. The number of hydrogen-bond donors (Lipinski definition) is 2. The van der Waals surface area contributed by atoms with E-state index in [0.29, 0.717) is 41.6 Å². The predicted molar refractivity (Wildman–Crippen MR) is 164 cm³/mol. The Kier molecular flexibility index (Phi) is 8.38. The lowest BCUT2D eigenvalue weighted by molar-refractivity contribution is -0.111. The van der Waals surface area contributed by atoms with E-state index in [1.165, 1.54) is 12.3 Å². The van der Waals surface area contributed by atoms with Crippen molar-refractivity contribution in [2.24, 2.45) is 0 Å². The highest BCUT2D eigenvalue weighted by atomic mass is 16.5. The molecule has 4 aromatic rings. The molecular weight excluding hydrogens is 532 g/mol. The maximum atomic E-state index is 12.3. The van der Waals surface area contributed by atoms with E-state index in [1.54, 1.807) is 13.2 Å². The molecule has 2 N–H and O–H groups in total. The Balaban J connectivity index is 1.59. The summed E-state index contributed by atoms with van der Waals surface area (Å²) in [4.78, 5) is 25.8. The molecule has 11 heteroatoms. The number of fused-ring (bicyclic) bond motifs is 3. The molecule has 2 aromatic heterocycles. The van der Waals surface area contributed by atoms with Gasteiger partial charge in [-0.1, -0.05) is 24.8 Å². The summed E-state index contributed by atoms with van der Waals surface area (Å²) >= 11 is 0. The standard InChI is InChI=1S/C31H34N8O3/c1-6-28(40)34-22-15-23(27(41-5)16-25(22)38(4)12-11-37(2)3)35-31-33-18-20(17-32)30(36-31)29-21-9-7-8-10-24(21)39-13-14-42-19-26(29)39/h6-10,15-16,18H,1,11-14,19H2,2-5H3,(H,34,40)(H,33,35,36). The topological polar surface area (TPSA) is 121 Å². The first-order chi connectivity index (χ1) is 20.3. The zero-order valence-corrected chi connectivity index (χ0v) is 24.3. The van der Waals surface area contributed by atoms with Crippen molar-refractivity contribution in [3.8, 4) is 23.1 Å². The molecule has 0 radical (unpaired) electrons. The average Bonchev–Trinajstić information content (AvgIpc) is 3.34. The number of likely N-dealkylation sites (N-methyl/N-ethyl adjacent to an activating group) is 2. The van der Waals surface area contributed by atoms with E-state index in [4.69, 9.17) is 14.5 Å². The first kappa shape index (κ1) is 28.6. The minimum absolute atomic E-state index is 0.276. The minimum Gasteiger partial charge on any atom is -0.494 e. The number of amides is 1. The molecule has 0 saturated carbocycles. The molecule has 1 amide bonds. The molecule has 0 atom stereocenters. The average molecular weight is 567 g/mol. The zero-order valence-electron chi connectivity index (χ0n) is 24.3. The molecule has 11 nitrogen and oxygen atoms in total. The van der Waals surface area contributed by atoms with E-state index in [0.717, 1.165) is 47.5 Å². The van der Waals surface area contributed by atoms with Crippen LogP contribution in [0.15, 0.2) is 55.3 Å². The Bertz CT molecular complexity index is 1690. The lowest BCUT2D eigenvalue weighted by atomic mass is 10.0. The zero-order chi connectivity index (χ0) is 29.8. The smallest absolute Gasteiger partial charge is 0.247 e. The number of nitrogens with one attached hydrogen (secondary N) is 2. The van der Waals surface area contributed by atoms with E-state index in [1.807, 2.05) is 50.3 Å². The van der Waals surface area contributed by atoms with Gasteiger partial charge in [0.2, 0.25) is 11.9 Å². The molecule has 3 heterocycles. The molecule has 42 heavy (non-hydrogen) atoms. The summed E-state index contributed by atoms with van der Waals surface area (Å²) < 4.78 is 13.8. The molecule has 1 aliphatic heterocycles. The van der Waals surface area contributed by atoms with Crippen LogP contribution in [0.1, 0.15) is 11.3 Å². The summed E-state index contributed by atoms with van der Waals surface area (Å²) in [5, 5.41) is 17.2. The highest BCUT2D eigenvalue weighted by Gasteiger charge is 2.25. The second kappa shape index (κ2) is 12.3. The van der Waals surface area contributed by atoms with Gasteiger partial charge in [0.1, 0.15) is 11.8 Å². The second-order valence-corrected chi connectivity index (χ2v) is 10.2. The third-order valence-corrected chi connectivity index (χ3v) is 7.22. The van der Waals surface area contributed by atoms with Gasteiger partial charge in [-0.05, 0) is 32.3 Å². The molecular formula is C31H34N8O3. The number of nitriles is 1. The first-order valence-corrected chi connectivity index (χ1v) is 13.6. The number of para-hydroxylation sites is 1. The third kappa shape index (κ3) is 5.63. The fourth-order valence-electron chi connectivity index (χ4n) is 5.09. The Hall–Kier alpha value is -4.92. The molecule has 0 saturated heterocycles. The second-order valence-electron chi connectivity index (χ2n) is 10.2. The van der Waals surface area contributed by atoms with Crippen LogP contribution >= 0.6 is 0 Å². The lowest BCUT2D eigenvalue weighted by Gasteiger charge is -2.26. The van der Waals surface area contributed by atoms with Crippen LogP contribution in [0, 0.1) is 11.3 Å². The molecule has 0 fully saturated rings. The monoisotopic (exact) mass is 566 g/mol. The number of carbonyl (C=O) groups excluding carboxylic acids is 1. The predicted octanol–water partition coefficient (Wildman–Crippen LogP) is 4.37. The fraction of sp³-hybridized carbons (Fsp3) is 0.290. The minimum atomic E-state index is -0.335. The molecule has 0 unspecified atom stereocenters. The van der Waals surface area contributed by atoms with Crippen molar-refractivity contribution in [1.29, 1.82) is 5.26 Å². The number of anilines is 4. The van der Waals surface area contributed by atoms with Crippen LogP contribution in [0.4, 0.5) is 23.0 Å². The Labute approximate surface area is 245 Å². The van der Waals surface area contributed by atoms with Crippen LogP contribution in [-0.4, -0.2) is 73.3 Å². The highest BCUT2D eigenvalue weighted by Crippen LogP contribution is 2.40. The van der Waals surface area contributed by atoms with Crippen molar-refractivity contribution in [3.63, 3.8) is 0 Å². The van der Waals surface area contributed by atoms with Crippen LogP contribution in [-0.2, 0) is 22.7 Å². The SMILES string of the molecule is C=CC(=O)Nc1cc(Nc2ncc(C#N)c(-c3c4n(c5ccccc35)CCOC4)n2)c(OC)cc1N(C)CCN(C)C. The van der Waals surface area contributed by atoms with Gasteiger partial charge in [-0.15, -0.1) is 0 Å². The van der Waals surface area contributed by atoms with Gasteiger partial charge in [0.15, 0.2) is 0 Å². The van der Waals surface area contributed by atoms with E-state index < -0.39 is 0 Å². The number of carbonyl (C=O) groups is 1. The van der Waals surface area contributed by atoms with Gasteiger partial charge in [0, 0.05) is 49.2 Å². The van der Waals surface area contributed by atoms with Crippen LogP contribution < -0.4 is 20.3 Å². The van der Waals surface area contributed by atoms with Gasteiger partial charge in [0.05, 0.1) is 60.5 Å². The van der Waals surface area contributed by atoms with Crippen molar-refractivity contribution in [2.45, 2.75) is 13.2 Å². The van der Waals surface area contributed by atoms with Gasteiger partial charge in [-0.25, -0.2) is 9.97 Å². The van der Waals surface area contributed by atoms with E-state index >= 15 is 0 Å². The summed E-state index contributed by atoms with van der Waals surface area (Å²) in [6.07, 6.45) is 2.74. The Morgan fingerprint density at radius 3 is 2.79 bits per heavy atom. The maximum Gasteiger partial charge on any atom is 0.247 e. The normalized spacial score (nSPS) is 12.5. The number of ether oxygens (including phenoxy) is 2. The number of nitrogens with zero attached hydrogens (tertiary/aromatic N) is 6. The first-order valence-electron chi connectivity index (χ1n) is 13.6. The number of hydrogen-bond acceptors (Lipinski definition) is 9. The molecule has 5 rings (SSSR count). The van der Waals surface area contributed by atoms with Crippen LogP contribution in [0.3, 0.4) is 0 Å². The van der Waals surface area contributed by atoms with E-state index in [9.17, 15) is 10.1 Å². The summed E-state index contributed by atoms with van der Waals surface area (Å²) in [6.45, 7) is 6.90. The highest BCUT2D eigenvalue weighted by molar-refractivity contribution is 6.02. The molecule has 0 spiro atoms. The molecule has 216 valence electrons. The Morgan fingerprint density at radius 2 is 2.05 bits per heavy atom. The third-order valence-electron chi connectivity index (χ3n) is 7.22. The van der Waals surface area contributed by atoms with Gasteiger partial charge >= 0.3 is 0 Å². The summed E-state index contributed by atoms with van der Waals surface area (Å²) in [7, 11) is 7.55. The lowest BCUT2D eigenvalue weighted by Crippen LogP contribution is -2.29. The summed E-state index contributed by atoms with van der Waals surface area (Å²) in [5.41, 5.74) is 5.67. The van der Waals surface area contributed by atoms with Gasteiger partial charge < -0.3 is 34.5 Å². The molecule has 0 aliphatic carbocycles. The number of aromatic nitrogens is 3. The van der Waals surface area contributed by atoms with Crippen molar-refractivity contribution >= 4 is 39.8 Å². The number of rotatable bonds is 10. The largest absolute Gasteiger partial charge is 0.494 e. The van der Waals surface area contributed by atoms with Crippen LogP contribution in [0.25, 0.3) is 22.2 Å². The van der Waals surface area contributed by atoms with Crippen molar-refractivity contribution in [1.82, 2.24) is 19.4 Å². The van der Waals surface area contributed by atoms with Crippen molar-refractivity contribution in [3.05, 3.63) is 66.5 Å². The van der Waals surface area contributed by atoms with Gasteiger partial charge in [0.25, 0.3) is 0 Å². The maximum absolute atomic E-state index is 12.3. The summed E-state index contributed by atoms with van der Waals surface area (Å²) in [6, 6.07) is 14.0. The van der Waals surface area contributed by atoms with Gasteiger partial charge in [-0.2, -0.15) is 5.26 Å². The van der Waals surface area contributed by atoms with Crippen LogP contribution in [0.5, 0.6) is 5.75 Å². The molecule has 1 aliphatic rings. The molecule has 2 aromatic carbocycles.